The van der Waals surface area contributed by atoms with E-state index in [0.717, 1.165) is 11.1 Å². The number of carbonyl (C=O) groups is 2. The van der Waals surface area contributed by atoms with Crippen LogP contribution in [0, 0.1) is 6.92 Å². The lowest BCUT2D eigenvalue weighted by atomic mass is 10.1. The molecule has 0 spiro atoms. The number of esters is 1. The maximum atomic E-state index is 11.6. The summed E-state index contributed by atoms with van der Waals surface area (Å²) in [6.45, 7) is 2.01. The Morgan fingerprint density at radius 3 is 2.57 bits per heavy atom. The van der Waals surface area contributed by atoms with Gasteiger partial charge in [-0.05, 0) is 13.0 Å². The van der Waals surface area contributed by atoms with E-state index in [9.17, 15) is 9.59 Å². The molecular weight excluding hydrogens is 364 g/mol. The molecule has 9 nitrogen and oxygen atoms in total. The van der Waals surface area contributed by atoms with Crippen molar-refractivity contribution in [2.75, 3.05) is 12.4 Å². The van der Waals surface area contributed by atoms with Gasteiger partial charge in [0.2, 0.25) is 11.8 Å². The highest BCUT2D eigenvalue weighted by Crippen LogP contribution is 2.26. The first kappa shape index (κ1) is 19.0. The fourth-order valence-electron chi connectivity index (χ4n) is 2.38. The Kier molecular flexibility index (Phi) is 5.95. The number of aryl methyl sites for hydroxylation is 1. The van der Waals surface area contributed by atoms with Crippen LogP contribution in [0.2, 0.25) is 0 Å². The van der Waals surface area contributed by atoms with Crippen molar-refractivity contribution in [3.63, 3.8) is 0 Å². The average molecular weight is 382 g/mol. The van der Waals surface area contributed by atoms with Crippen molar-refractivity contribution in [1.82, 2.24) is 15.4 Å². The molecule has 3 aromatic rings. The summed E-state index contributed by atoms with van der Waals surface area (Å²) in [5.74, 6) is -0.0531. The molecule has 0 saturated heterocycles. The predicted molar refractivity (Wildman–Crippen MR) is 98.3 cm³/mol. The van der Waals surface area contributed by atoms with Crippen LogP contribution in [0.1, 0.15) is 17.7 Å². The number of hydrogen-bond acceptors (Lipinski definition) is 8. The van der Waals surface area contributed by atoms with Crippen molar-refractivity contribution in [2.24, 2.45) is 0 Å². The fourth-order valence-corrected chi connectivity index (χ4v) is 2.38. The maximum Gasteiger partial charge on any atom is 0.315 e. The number of amides is 1. The first-order chi connectivity index (χ1) is 13.6. The second-order valence-corrected chi connectivity index (χ2v) is 5.78. The van der Waals surface area contributed by atoms with Gasteiger partial charge in [-0.25, -0.2) is 0 Å². The SMILES string of the molecule is COC(=O)CC(=O)Nc1ccc(OCc2c(-c3ccccc3)noc2C)nn1. The van der Waals surface area contributed by atoms with E-state index in [-0.39, 0.29) is 18.3 Å². The molecule has 144 valence electrons. The summed E-state index contributed by atoms with van der Waals surface area (Å²) >= 11 is 0. The summed E-state index contributed by atoms with van der Waals surface area (Å²) in [4.78, 5) is 22.7. The van der Waals surface area contributed by atoms with Gasteiger partial charge in [-0.1, -0.05) is 35.5 Å². The van der Waals surface area contributed by atoms with Gasteiger partial charge in [-0.3, -0.25) is 9.59 Å². The number of carbonyl (C=O) groups excluding carboxylic acids is 2. The van der Waals surface area contributed by atoms with Crippen LogP contribution in [0.4, 0.5) is 5.82 Å². The quantitative estimate of drug-likeness (QED) is 0.489. The van der Waals surface area contributed by atoms with E-state index in [1.165, 1.54) is 13.2 Å². The number of aromatic nitrogens is 3. The van der Waals surface area contributed by atoms with Crippen molar-refractivity contribution in [3.05, 3.63) is 53.8 Å². The molecule has 0 bridgehead atoms. The zero-order valence-electron chi connectivity index (χ0n) is 15.3. The Morgan fingerprint density at radius 1 is 1.11 bits per heavy atom. The third-order valence-electron chi connectivity index (χ3n) is 3.84. The normalized spacial score (nSPS) is 10.4. The molecule has 1 N–H and O–H groups in total. The number of methoxy groups -OCH3 is 1. The molecule has 3 rings (SSSR count). The zero-order valence-corrected chi connectivity index (χ0v) is 15.3. The third-order valence-corrected chi connectivity index (χ3v) is 3.84. The van der Waals surface area contributed by atoms with Crippen LogP contribution in [0.15, 0.2) is 47.0 Å². The van der Waals surface area contributed by atoms with Crippen LogP contribution in [-0.4, -0.2) is 34.3 Å². The van der Waals surface area contributed by atoms with E-state index in [1.54, 1.807) is 6.07 Å². The highest BCUT2D eigenvalue weighted by Gasteiger charge is 2.16. The highest BCUT2D eigenvalue weighted by atomic mass is 16.5. The zero-order chi connectivity index (χ0) is 19.9. The van der Waals surface area contributed by atoms with E-state index >= 15 is 0 Å². The molecule has 2 aromatic heterocycles. The Balaban J connectivity index is 1.62. The fraction of sp³-hybridized carbons (Fsp3) is 0.211. The van der Waals surface area contributed by atoms with Crippen LogP contribution < -0.4 is 10.1 Å². The monoisotopic (exact) mass is 382 g/mol. The maximum absolute atomic E-state index is 11.6. The van der Waals surface area contributed by atoms with Crippen molar-refractivity contribution in [3.8, 4) is 17.1 Å². The second-order valence-electron chi connectivity index (χ2n) is 5.78. The molecule has 0 atom stereocenters. The van der Waals surface area contributed by atoms with Gasteiger partial charge in [0.25, 0.3) is 0 Å². The summed E-state index contributed by atoms with van der Waals surface area (Å²) in [5, 5.41) is 14.3. The number of nitrogens with one attached hydrogen (secondary N) is 1. The van der Waals surface area contributed by atoms with E-state index in [1.807, 2.05) is 37.3 Å². The Bertz CT molecular complexity index is 954. The molecule has 0 fully saturated rings. The molecule has 0 radical (unpaired) electrons. The van der Waals surface area contributed by atoms with E-state index < -0.39 is 18.3 Å². The van der Waals surface area contributed by atoms with E-state index in [4.69, 9.17) is 9.26 Å². The number of ether oxygens (including phenoxy) is 2. The minimum Gasteiger partial charge on any atom is -0.472 e. The molecule has 1 aromatic carbocycles. The van der Waals surface area contributed by atoms with Gasteiger partial charge in [-0.2, -0.15) is 0 Å². The molecule has 9 heteroatoms. The summed E-state index contributed by atoms with van der Waals surface area (Å²) < 4.78 is 15.4. The molecule has 0 aliphatic rings. The number of benzene rings is 1. The average Bonchev–Trinajstić information content (AvgIpc) is 3.08. The van der Waals surface area contributed by atoms with Crippen molar-refractivity contribution in [2.45, 2.75) is 20.0 Å². The van der Waals surface area contributed by atoms with E-state index in [0.29, 0.717) is 11.5 Å². The summed E-state index contributed by atoms with van der Waals surface area (Å²) in [6, 6.07) is 12.7. The lowest BCUT2D eigenvalue weighted by Crippen LogP contribution is -2.18. The number of anilines is 1. The number of hydrogen-bond donors (Lipinski definition) is 1. The van der Waals surface area contributed by atoms with Crippen LogP contribution in [0.25, 0.3) is 11.3 Å². The number of nitrogens with zero attached hydrogens (tertiary/aromatic N) is 3. The Labute approximate surface area is 160 Å². The second kappa shape index (κ2) is 8.76. The summed E-state index contributed by atoms with van der Waals surface area (Å²) in [6.07, 6.45) is -0.397. The van der Waals surface area contributed by atoms with Crippen LogP contribution >= 0.6 is 0 Å². The van der Waals surface area contributed by atoms with Gasteiger partial charge in [0, 0.05) is 11.6 Å². The topological polar surface area (TPSA) is 116 Å². The van der Waals surface area contributed by atoms with E-state index in [2.05, 4.69) is 25.4 Å². The Morgan fingerprint density at radius 2 is 1.89 bits per heavy atom. The number of rotatable bonds is 7. The molecule has 0 aliphatic carbocycles. The lowest BCUT2D eigenvalue weighted by molar-refractivity contribution is -0.142. The van der Waals surface area contributed by atoms with Gasteiger partial charge in [-0.15, -0.1) is 10.2 Å². The van der Waals surface area contributed by atoms with Gasteiger partial charge in [0.15, 0.2) is 5.82 Å². The van der Waals surface area contributed by atoms with Crippen molar-refractivity contribution in [1.29, 1.82) is 0 Å². The van der Waals surface area contributed by atoms with Crippen molar-refractivity contribution < 1.29 is 23.6 Å². The summed E-state index contributed by atoms with van der Waals surface area (Å²) in [5.41, 5.74) is 2.44. The molecule has 28 heavy (non-hydrogen) atoms. The van der Waals surface area contributed by atoms with Crippen molar-refractivity contribution >= 4 is 17.7 Å². The predicted octanol–water partition coefficient (Wildman–Crippen LogP) is 2.52. The molecule has 0 saturated carbocycles. The van der Waals surface area contributed by atoms with Gasteiger partial charge in [0.05, 0.1) is 12.7 Å². The highest BCUT2D eigenvalue weighted by molar-refractivity contribution is 6.01. The largest absolute Gasteiger partial charge is 0.472 e. The van der Waals surface area contributed by atoms with Gasteiger partial charge >= 0.3 is 5.97 Å². The third kappa shape index (κ3) is 4.70. The van der Waals surface area contributed by atoms with Gasteiger partial charge in [0.1, 0.15) is 24.5 Å². The molecule has 1 amide bonds. The minimum absolute atomic E-state index is 0.197. The van der Waals surface area contributed by atoms with Crippen LogP contribution in [-0.2, 0) is 20.9 Å². The first-order valence-electron chi connectivity index (χ1n) is 8.40. The van der Waals surface area contributed by atoms with Crippen LogP contribution in [0.5, 0.6) is 5.88 Å². The Hall–Kier alpha value is -3.75. The summed E-state index contributed by atoms with van der Waals surface area (Å²) in [7, 11) is 1.21. The molecular formula is C19H18N4O5. The lowest BCUT2D eigenvalue weighted by Gasteiger charge is -2.07. The van der Waals surface area contributed by atoms with Gasteiger partial charge < -0.3 is 19.3 Å². The first-order valence-corrected chi connectivity index (χ1v) is 8.40. The molecule has 2 heterocycles. The minimum atomic E-state index is -0.635. The molecule has 0 aliphatic heterocycles. The van der Waals surface area contributed by atoms with Crippen LogP contribution in [0.3, 0.4) is 0 Å². The molecule has 0 unspecified atom stereocenters. The standard InChI is InChI=1S/C19H18N4O5/c1-12-14(19(23-28-12)13-6-4-3-5-7-13)11-27-17-9-8-15(21-22-17)20-16(24)10-18(25)26-2/h3-9H,10-11H2,1-2H3,(H,20,21,24). The smallest absolute Gasteiger partial charge is 0.315 e.